The summed E-state index contributed by atoms with van der Waals surface area (Å²) in [5.41, 5.74) is 0.440. The Balaban J connectivity index is 1.49. The second-order valence-corrected chi connectivity index (χ2v) is 6.58. The van der Waals surface area contributed by atoms with Gasteiger partial charge in [0, 0.05) is 6.42 Å². The molecule has 3 fully saturated rings. The lowest BCUT2D eigenvalue weighted by atomic mass is 9.92. The summed E-state index contributed by atoms with van der Waals surface area (Å²) < 4.78 is 21.2. The smallest absolute Gasteiger partial charge is 0.335 e. The predicted octanol–water partition coefficient (Wildman–Crippen LogP) is 1.42. The molecule has 1 aromatic rings. The number of fused-ring (bicyclic) bond motifs is 3. The van der Waals surface area contributed by atoms with Crippen molar-refractivity contribution in [3.63, 3.8) is 0 Å². The monoisotopic (exact) mass is 312 g/mol. The van der Waals surface area contributed by atoms with Crippen LogP contribution >= 0.6 is 8.60 Å². The molecule has 3 saturated heterocycles. The molecule has 0 amide bonds. The fourth-order valence-electron chi connectivity index (χ4n) is 2.17. The Morgan fingerprint density at radius 1 is 1.24 bits per heavy atom. The second-order valence-electron chi connectivity index (χ2n) is 5.36. The van der Waals surface area contributed by atoms with Crippen LogP contribution in [0, 0.1) is 5.41 Å². The highest BCUT2D eigenvalue weighted by Gasteiger charge is 2.46. The Hall–Kier alpha value is -1.04. The van der Waals surface area contributed by atoms with Gasteiger partial charge >= 0.3 is 14.6 Å². The first-order chi connectivity index (χ1) is 10.2. The van der Waals surface area contributed by atoms with Crippen LogP contribution < -0.4 is 0 Å². The first kappa shape index (κ1) is 14.9. The van der Waals surface area contributed by atoms with Gasteiger partial charge in [-0.05, 0) is 5.56 Å². The van der Waals surface area contributed by atoms with Gasteiger partial charge in [-0.3, -0.25) is 0 Å². The maximum absolute atomic E-state index is 11.9. The normalized spacial score (nSPS) is 29.1. The van der Waals surface area contributed by atoms with E-state index in [-0.39, 0.29) is 13.0 Å². The van der Waals surface area contributed by atoms with Gasteiger partial charge in [-0.15, -0.1) is 0 Å². The van der Waals surface area contributed by atoms with Gasteiger partial charge in [-0.1, -0.05) is 30.3 Å². The zero-order valence-electron chi connectivity index (χ0n) is 11.4. The number of hydrogen-bond acceptors (Lipinski definition) is 6. The highest BCUT2D eigenvalue weighted by atomic mass is 31.2. The minimum atomic E-state index is -1.20. The third-order valence-electron chi connectivity index (χ3n) is 3.49. The van der Waals surface area contributed by atoms with Gasteiger partial charge in [0.25, 0.3) is 0 Å². The molecular formula is C14H17O6P. The van der Waals surface area contributed by atoms with Crippen molar-refractivity contribution in [2.75, 3.05) is 26.4 Å². The summed E-state index contributed by atoms with van der Waals surface area (Å²) >= 11 is 0. The van der Waals surface area contributed by atoms with Crippen LogP contribution in [0.1, 0.15) is 5.56 Å². The van der Waals surface area contributed by atoms with Crippen LogP contribution in [0.15, 0.2) is 30.3 Å². The summed E-state index contributed by atoms with van der Waals surface area (Å²) in [6, 6.07) is 9.32. The van der Waals surface area contributed by atoms with E-state index in [4.69, 9.17) is 18.3 Å². The number of ether oxygens (including phenoxy) is 1. The molecule has 21 heavy (non-hydrogen) atoms. The predicted molar refractivity (Wildman–Crippen MR) is 74.3 cm³/mol. The van der Waals surface area contributed by atoms with Crippen molar-refractivity contribution in [1.29, 1.82) is 0 Å². The molecular weight excluding hydrogens is 295 g/mol. The molecule has 1 N–H and O–H groups in total. The average molecular weight is 312 g/mol. The molecule has 1 atom stereocenters. The largest absolute Gasteiger partial charge is 0.463 e. The summed E-state index contributed by atoms with van der Waals surface area (Å²) in [7, 11) is -1.20. The molecule has 6 nitrogen and oxygen atoms in total. The molecule has 0 radical (unpaired) electrons. The first-order valence-electron chi connectivity index (χ1n) is 6.74. The molecule has 1 unspecified atom stereocenters. The van der Waals surface area contributed by atoms with Crippen molar-refractivity contribution >= 4 is 14.6 Å². The van der Waals surface area contributed by atoms with Gasteiger partial charge in [-0.2, -0.15) is 0 Å². The summed E-state index contributed by atoms with van der Waals surface area (Å²) in [5, 5.41) is 9.90. The molecule has 0 aromatic heterocycles. The highest BCUT2D eigenvalue weighted by Crippen LogP contribution is 2.53. The Bertz CT molecular complexity index is 472. The highest BCUT2D eigenvalue weighted by molar-refractivity contribution is 7.41. The third-order valence-corrected chi connectivity index (χ3v) is 4.51. The summed E-state index contributed by atoms with van der Waals surface area (Å²) in [6.07, 6.45) is -0.933. The molecule has 3 aliphatic rings. The average Bonchev–Trinajstić information content (AvgIpc) is 2.55. The number of benzene rings is 1. The van der Waals surface area contributed by atoms with Gasteiger partial charge in [0.05, 0.1) is 25.2 Å². The molecule has 114 valence electrons. The fraction of sp³-hybridized carbons (Fsp3) is 0.500. The van der Waals surface area contributed by atoms with E-state index < -0.39 is 26.1 Å². The zero-order chi connectivity index (χ0) is 14.7. The number of hydrogen-bond donors (Lipinski definition) is 1. The van der Waals surface area contributed by atoms with Crippen molar-refractivity contribution in [2.24, 2.45) is 5.41 Å². The van der Waals surface area contributed by atoms with Crippen LogP contribution in [0.2, 0.25) is 0 Å². The first-order valence-corrected chi connectivity index (χ1v) is 7.84. The quantitative estimate of drug-likeness (QED) is 0.655. The molecule has 4 rings (SSSR count). The number of rotatable bonds is 5. The van der Waals surface area contributed by atoms with Crippen LogP contribution in [-0.2, 0) is 29.5 Å². The summed E-state index contributed by atoms with van der Waals surface area (Å²) in [5.74, 6) is -0.633. The lowest BCUT2D eigenvalue weighted by Gasteiger charge is -2.43. The van der Waals surface area contributed by atoms with E-state index in [9.17, 15) is 9.90 Å². The molecule has 7 heteroatoms. The number of esters is 1. The van der Waals surface area contributed by atoms with Gasteiger partial charge in [-0.25, -0.2) is 4.79 Å². The Kier molecular flexibility index (Phi) is 4.52. The van der Waals surface area contributed by atoms with E-state index >= 15 is 0 Å². The van der Waals surface area contributed by atoms with E-state index in [1.54, 1.807) is 0 Å². The van der Waals surface area contributed by atoms with Crippen LogP contribution in [0.3, 0.4) is 0 Å². The number of carbonyl (C=O) groups excluding carboxylic acids is 1. The van der Waals surface area contributed by atoms with Gasteiger partial charge < -0.3 is 23.4 Å². The van der Waals surface area contributed by atoms with Crippen LogP contribution in [-0.4, -0.2) is 43.6 Å². The number of carbonyl (C=O) groups is 1. The third kappa shape index (κ3) is 3.59. The van der Waals surface area contributed by atoms with Gasteiger partial charge in [0.1, 0.15) is 6.61 Å². The van der Waals surface area contributed by atoms with Crippen molar-refractivity contribution in [2.45, 2.75) is 12.5 Å². The molecule has 3 aliphatic heterocycles. The van der Waals surface area contributed by atoms with E-state index in [0.717, 1.165) is 5.56 Å². The number of aliphatic hydroxyl groups excluding tert-OH is 1. The molecule has 3 heterocycles. The Morgan fingerprint density at radius 3 is 2.48 bits per heavy atom. The van der Waals surface area contributed by atoms with Crippen molar-refractivity contribution < 1.29 is 28.2 Å². The van der Waals surface area contributed by atoms with E-state index in [0.29, 0.717) is 19.8 Å². The lowest BCUT2D eigenvalue weighted by molar-refractivity contribution is -0.165. The van der Waals surface area contributed by atoms with E-state index in [1.807, 2.05) is 30.3 Å². The van der Waals surface area contributed by atoms with Crippen molar-refractivity contribution in [3.05, 3.63) is 35.9 Å². The van der Waals surface area contributed by atoms with Crippen molar-refractivity contribution in [3.8, 4) is 0 Å². The van der Waals surface area contributed by atoms with Crippen LogP contribution in [0.5, 0.6) is 0 Å². The van der Waals surface area contributed by atoms with Crippen LogP contribution in [0.25, 0.3) is 0 Å². The molecule has 1 aromatic carbocycles. The van der Waals surface area contributed by atoms with Gasteiger partial charge in [0.15, 0.2) is 6.10 Å². The van der Waals surface area contributed by atoms with E-state index in [2.05, 4.69) is 0 Å². The van der Waals surface area contributed by atoms with Crippen molar-refractivity contribution in [1.82, 2.24) is 0 Å². The maximum Gasteiger partial charge on any atom is 0.335 e. The zero-order valence-corrected chi connectivity index (χ0v) is 12.3. The molecule has 0 saturated carbocycles. The summed E-state index contributed by atoms with van der Waals surface area (Å²) in [4.78, 5) is 11.9. The topological polar surface area (TPSA) is 74.2 Å². The minimum absolute atomic E-state index is 0.126. The second kappa shape index (κ2) is 6.38. The molecule has 0 aliphatic carbocycles. The molecule has 0 spiro atoms. The lowest BCUT2D eigenvalue weighted by Crippen LogP contribution is -2.47. The van der Waals surface area contributed by atoms with Gasteiger partial charge in [0.2, 0.25) is 0 Å². The van der Waals surface area contributed by atoms with Crippen LogP contribution in [0.4, 0.5) is 0 Å². The Morgan fingerprint density at radius 2 is 1.86 bits per heavy atom. The minimum Gasteiger partial charge on any atom is -0.463 e. The maximum atomic E-state index is 11.9. The van der Waals surface area contributed by atoms with E-state index in [1.165, 1.54) is 0 Å². The standard InChI is InChI=1S/C14H17O6P/c15-12(6-11-4-2-1-3-5-11)13(16)17-7-14-8-18-21(19-9-14)20-10-14/h1-5,12,15H,6-10H2. The number of aliphatic hydroxyl groups is 1. The Labute approximate surface area is 124 Å². The SMILES string of the molecule is O=C(OCC12COP(OC1)OC2)C(O)Cc1ccccc1. The molecule has 2 bridgehead atoms. The summed E-state index contributed by atoms with van der Waals surface area (Å²) in [6.45, 7) is 1.50. The fourth-order valence-corrected chi connectivity index (χ4v) is 3.53.